The van der Waals surface area contributed by atoms with Gasteiger partial charge in [-0.25, -0.2) is 4.98 Å². The molecule has 0 aliphatic heterocycles. The number of anilines is 1. The molecule has 0 spiro atoms. The van der Waals surface area contributed by atoms with Gasteiger partial charge < -0.3 is 15.0 Å². The van der Waals surface area contributed by atoms with E-state index in [1.54, 1.807) is 7.11 Å². The van der Waals surface area contributed by atoms with Crippen LogP contribution in [0.5, 0.6) is 5.75 Å². The lowest BCUT2D eigenvalue weighted by molar-refractivity contribution is 0.295. The fourth-order valence-corrected chi connectivity index (χ4v) is 3.71. The van der Waals surface area contributed by atoms with E-state index < -0.39 is 0 Å². The standard InChI is InChI=1S/C25H33N3O/c1-5-28(6-2)16-10-11-19(3)26-25-18-23(20-12-8-7-9-13-20)27-24-17-21(29-4)14-15-22(24)25/h7-9,12-15,17-19H,5-6,10-11,16H2,1-4H3,(H,26,27). The highest BCUT2D eigenvalue weighted by Gasteiger charge is 2.11. The van der Waals surface area contributed by atoms with Crippen LogP contribution >= 0.6 is 0 Å². The third kappa shape index (κ3) is 5.48. The van der Waals surface area contributed by atoms with Crippen LogP contribution in [0, 0.1) is 0 Å². The molecule has 0 fully saturated rings. The van der Waals surface area contributed by atoms with Gasteiger partial charge in [0, 0.05) is 28.7 Å². The molecule has 3 aromatic rings. The lowest BCUT2D eigenvalue weighted by atomic mass is 10.1. The number of hydrogen-bond acceptors (Lipinski definition) is 4. The average molecular weight is 392 g/mol. The fraction of sp³-hybridized carbons (Fsp3) is 0.400. The van der Waals surface area contributed by atoms with Gasteiger partial charge >= 0.3 is 0 Å². The van der Waals surface area contributed by atoms with Gasteiger partial charge in [0.2, 0.25) is 0 Å². The quantitative estimate of drug-likeness (QED) is 0.472. The largest absolute Gasteiger partial charge is 0.497 e. The normalized spacial score (nSPS) is 12.3. The molecule has 0 aliphatic carbocycles. The minimum atomic E-state index is 0.391. The first-order valence-corrected chi connectivity index (χ1v) is 10.7. The molecule has 0 saturated carbocycles. The highest BCUT2D eigenvalue weighted by atomic mass is 16.5. The number of nitrogens with one attached hydrogen (secondary N) is 1. The third-order valence-corrected chi connectivity index (χ3v) is 5.49. The summed E-state index contributed by atoms with van der Waals surface area (Å²) in [6.07, 6.45) is 2.33. The maximum absolute atomic E-state index is 5.42. The number of ether oxygens (including phenoxy) is 1. The highest BCUT2D eigenvalue weighted by molar-refractivity contribution is 5.94. The Bertz CT molecular complexity index is 907. The van der Waals surface area contributed by atoms with Crippen molar-refractivity contribution in [1.29, 1.82) is 0 Å². The first-order chi connectivity index (χ1) is 14.1. The molecule has 4 nitrogen and oxygen atoms in total. The number of methoxy groups -OCH3 is 1. The van der Waals surface area contributed by atoms with E-state index in [0.717, 1.165) is 59.7 Å². The Balaban J connectivity index is 1.85. The Morgan fingerprint density at radius 2 is 1.79 bits per heavy atom. The van der Waals surface area contributed by atoms with Crippen molar-refractivity contribution in [2.24, 2.45) is 0 Å². The molecule has 0 bridgehead atoms. The van der Waals surface area contributed by atoms with Crippen LogP contribution < -0.4 is 10.1 Å². The minimum absolute atomic E-state index is 0.391. The van der Waals surface area contributed by atoms with Crippen molar-refractivity contribution >= 4 is 16.6 Å². The van der Waals surface area contributed by atoms with Gasteiger partial charge in [0.15, 0.2) is 0 Å². The molecule has 1 heterocycles. The molecule has 29 heavy (non-hydrogen) atoms. The predicted octanol–water partition coefficient (Wildman–Crippen LogP) is 5.83. The Hall–Kier alpha value is -2.59. The molecule has 0 amide bonds. The topological polar surface area (TPSA) is 37.4 Å². The summed E-state index contributed by atoms with van der Waals surface area (Å²) in [7, 11) is 1.69. The molecule has 1 atom stereocenters. The van der Waals surface area contributed by atoms with Gasteiger partial charge in [-0.2, -0.15) is 0 Å². The lowest BCUT2D eigenvalue weighted by Crippen LogP contribution is -2.25. The predicted molar refractivity (Wildman–Crippen MR) is 124 cm³/mol. The van der Waals surface area contributed by atoms with Crippen molar-refractivity contribution in [2.75, 3.05) is 32.1 Å². The van der Waals surface area contributed by atoms with Gasteiger partial charge in [0.1, 0.15) is 5.75 Å². The molecule has 154 valence electrons. The van der Waals surface area contributed by atoms with Crippen LogP contribution in [0.4, 0.5) is 5.69 Å². The summed E-state index contributed by atoms with van der Waals surface area (Å²) < 4.78 is 5.42. The van der Waals surface area contributed by atoms with E-state index in [0.29, 0.717) is 6.04 Å². The van der Waals surface area contributed by atoms with Crippen molar-refractivity contribution in [1.82, 2.24) is 9.88 Å². The summed E-state index contributed by atoms with van der Waals surface area (Å²) in [4.78, 5) is 7.38. The number of rotatable bonds is 10. The Morgan fingerprint density at radius 1 is 1.03 bits per heavy atom. The SMILES string of the molecule is CCN(CC)CCCC(C)Nc1cc(-c2ccccc2)nc2cc(OC)ccc12. The van der Waals surface area contributed by atoms with E-state index in [2.05, 4.69) is 67.4 Å². The fourth-order valence-electron chi connectivity index (χ4n) is 3.71. The molecule has 1 aromatic heterocycles. The molecule has 0 aliphatic rings. The van der Waals surface area contributed by atoms with Crippen LogP contribution in [0.1, 0.15) is 33.6 Å². The van der Waals surface area contributed by atoms with Gasteiger partial charge in [-0.1, -0.05) is 44.2 Å². The second kappa shape index (κ2) is 10.3. The Morgan fingerprint density at radius 3 is 2.48 bits per heavy atom. The zero-order chi connectivity index (χ0) is 20.6. The molecule has 1 N–H and O–H groups in total. The van der Waals surface area contributed by atoms with Crippen molar-refractivity contribution < 1.29 is 4.74 Å². The van der Waals surface area contributed by atoms with Crippen molar-refractivity contribution in [3.63, 3.8) is 0 Å². The molecule has 0 radical (unpaired) electrons. The highest BCUT2D eigenvalue weighted by Crippen LogP contribution is 2.31. The summed E-state index contributed by atoms with van der Waals surface area (Å²) in [5.74, 6) is 0.827. The lowest BCUT2D eigenvalue weighted by Gasteiger charge is -2.21. The number of nitrogens with zero attached hydrogens (tertiary/aromatic N) is 2. The van der Waals surface area contributed by atoms with E-state index in [1.165, 1.54) is 6.42 Å². The molecule has 4 heteroatoms. The second-order valence-corrected chi connectivity index (χ2v) is 7.52. The van der Waals surface area contributed by atoms with Crippen molar-refractivity contribution in [3.05, 3.63) is 54.6 Å². The summed E-state index contributed by atoms with van der Waals surface area (Å²) in [6.45, 7) is 10.1. The maximum Gasteiger partial charge on any atom is 0.121 e. The van der Waals surface area contributed by atoms with Crippen LogP contribution in [-0.2, 0) is 0 Å². The van der Waals surface area contributed by atoms with Gasteiger partial charge in [-0.05, 0) is 57.6 Å². The monoisotopic (exact) mass is 391 g/mol. The first kappa shape index (κ1) is 21.1. The summed E-state index contributed by atoms with van der Waals surface area (Å²) >= 11 is 0. The number of aromatic nitrogens is 1. The van der Waals surface area contributed by atoms with Gasteiger partial charge in [-0.15, -0.1) is 0 Å². The molecular weight excluding hydrogens is 358 g/mol. The number of hydrogen-bond donors (Lipinski definition) is 1. The Kier molecular flexibility index (Phi) is 7.48. The second-order valence-electron chi connectivity index (χ2n) is 7.52. The first-order valence-electron chi connectivity index (χ1n) is 10.7. The van der Waals surface area contributed by atoms with E-state index in [9.17, 15) is 0 Å². The minimum Gasteiger partial charge on any atom is -0.497 e. The number of pyridine rings is 1. The van der Waals surface area contributed by atoms with E-state index >= 15 is 0 Å². The van der Waals surface area contributed by atoms with Crippen molar-refractivity contribution in [3.8, 4) is 17.0 Å². The smallest absolute Gasteiger partial charge is 0.121 e. The summed E-state index contributed by atoms with van der Waals surface area (Å²) in [5.41, 5.74) is 4.18. The van der Waals surface area contributed by atoms with E-state index in [4.69, 9.17) is 9.72 Å². The molecule has 2 aromatic carbocycles. The molecule has 0 saturated heterocycles. The van der Waals surface area contributed by atoms with Crippen LogP contribution in [0.2, 0.25) is 0 Å². The van der Waals surface area contributed by atoms with Crippen LogP contribution in [-0.4, -0.2) is 42.7 Å². The van der Waals surface area contributed by atoms with E-state index in [1.807, 2.05) is 18.2 Å². The summed E-state index contributed by atoms with van der Waals surface area (Å²) in [6, 6.07) is 19.0. The van der Waals surface area contributed by atoms with Gasteiger partial charge in [0.05, 0.1) is 18.3 Å². The van der Waals surface area contributed by atoms with Crippen LogP contribution in [0.3, 0.4) is 0 Å². The zero-order valence-corrected chi connectivity index (χ0v) is 18.1. The zero-order valence-electron chi connectivity index (χ0n) is 18.1. The Labute approximate surface area is 174 Å². The molecule has 3 rings (SSSR count). The summed E-state index contributed by atoms with van der Waals surface area (Å²) in [5, 5.41) is 4.87. The molecule has 1 unspecified atom stereocenters. The van der Waals surface area contributed by atoms with Gasteiger partial charge in [0.25, 0.3) is 0 Å². The van der Waals surface area contributed by atoms with Crippen molar-refractivity contribution in [2.45, 2.75) is 39.7 Å². The molecular formula is C25H33N3O. The van der Waals surface area contributed by atoms with Gasteiger partial charge in [-0.3, -0.25) is 0 Å². The number of benzene rings is 2. The van der Waals surface area contributed by atoms with Crippen LogP contribution in [0.25, 0.3) is 22.2 Å². The average Bonchev–Trinajstić information content (AvgIpc) is 2.76. The maximum atomic E-state index is 5.42. The van der Waals surface area contributed by atoms with Crippen LogP contribution in [0.15, 0.2) is 54.6 Å². The van der Waals surface area contributed by atoms with E-state index in [-0.39, 0.29) is 0 Å². The number of fused-ring (bicyclic) bond motifs is 1. The third-order valence-electron chi connectivity index (χ3n) is 5.49.